The van der Waals surface area contributed by atoms with E-state index in [1.165, 1.54) is 18.9 Å². The Balaban J connectivity index is 1.84. The molecule has 17 heavy (non-hydrogen) atoms. The molecule has 0 aliphatic heterocycles. The highest BCUT2D eigenvalue weighted by Gasteiger charge is 2.15. The van der Waals surface area contributed by atoms with Crippen molar-refractivity contribution < 1.29 is 9.23 Å². The van der Waals surface area contributed by atoms with Crippen LogP contribution in [0.25, 0.3) is 0 Å². The van der Waals surface area contributed by atoms with Crippen molar-refractivity contribution in [2.75, 3.05) is 0 Å². The van der Waals surface area contributed by atoms with Gasteiger partial charge in [0.1, 0.15) is 5.82 Å². The SMILES string of the molecule is N#Cc1ccc(CNOC2CCCC2)c(F)c1. The third-order valence-electron chi connectivity index (χ3n) is 3.00. The molecule has 90 valence electrons. The number of hydrogen-bond donors (Lipinski definition) is 1. The third-order valence-corrected chi connectivity index (χ3v) is 3.00. The molecule has 0 radical (unpaired) electrons. The normalized spacial score (nSPS) is 16.0. The first-order valence-corrected chi connectivity index (χ1v) is 5.86. The van der Waals surface area contributed by atoms with E-state index in [0.717, 1.165) is 12.8 Å². The van der Waals surface area contributed by atoms with E-state index in [4.69, 9.17) is 10.1 Å². The summed E-state index contributed by atoms with van der Waals surface area (Å²) in [5.74, 6) is -0.369. The van der Waals surface area contributed by atoms with E-state index in [1.54, 1.807) is 12.1 Å². The summed E-state index contributed by atoms with van der Waals surface area (Å²) in [7, 11) is 0. The van der Waals surface area contributed by atoms with E-state index in [2.05, 4.69) is 5.48 Å². The van der Waals surface area contributed by atoms with Crippen LogP contribution in [-0.4, -0.2) is 6.10 Å². The summed E-state index contributed by atoms with van der Waals surface area (Å²) in [6.07, 6.45) is 4.82. The van der Waals surface area contributed by atoms with Crippen LogP contribution in [-0.2, 0) is 11.4 Å². The Morgan fingerprint density at radius 3 is 2.82 bits per heavy atom. The van der Waals surface area contributed by atoms with Gasteiger partial charge in [0.15, 0.2) is 0 Å². The maximum atomic E-state index is 13.5. The van der Waals surface area contributed by atoms with Crippen LogP contribution in [0.2, 0.25) is 0 Å². The molecule has 0 spiro atoms. The fourth-order valence-corrected chi connectivity index (χ4v) is 2.00. The first-order valence-electron chi connectivity index (χ1n) is 5.86. The Morgan fingerprint density at radius 1 is 1.41 bits per heavy atom. The molecule has 0 aromatic heterocycles. The Morgan fingerprint density at radius 2 is 2.18 bits per heavy atom. The predicted molar refractivity (Wildman–Crippen MR) is 61.3 cm³/mol. The van der Waals surface area contributed by atoms with Crippen LogP contribution < -0.4 is 5.48 Å². The Bertz CT molecular complexity index is 422. The number of nitrogens with zero attached hydrogens (tertiary/aromatic N) is 1. The summed E-state index contributed by atoms with van der Waals surface area (Å²) in [4.78, 5) is 5.44. The van der Waals surface area contributed by atoms with Gasteiger partial charge in [-0.05, 0) is 25.0 Å². The van der Waals surface area contributed by atoms with Crippen molar-refractivity contribution in [3.05, 3.63) is 35.1 Å². The van der Waals surface area contributed by atoms with E-state index in [1.807, 2.05) is 6.07 Å². The van der Waals surface area contributed by atoms with Crippen LogP contribution in [0.5, 0.6) is 0 Å². The lowest BCUT2D eigenvalue weighted by Gasteiger charge is -2.11. The monoisotopic (exact) mass is 234 g/mol. The molecule has 0 bridgehead atoms. The fraction of sp³-hybridized carbons (Fsp3) is 0.462. The number of nitriles is 1. The molecule has 1 N–H and O–H groups in total. The number of rotatable bonds is 4. The Labute approximate surface area is 100 Å². The standard InChI is InChI=1S/C13H15FN2O/c14-13-7-10(8-15)5-6-11(13)9-16-17-12-3-1-2-4-12/h5-7,12,16H,1-4,9H2. The van der Waals surface area contributed by atoms with Gasteiger partial charge in [0.05, 0.1) is 17.7 Å². The van der Waals surface area contributed by atoms with E-state index in [9.17, 15) is 4.39 Å². The molecular formula is C13H15FN2O. The molecule has 1 fully saturated rings. The minimum absolute atomic E-state index is 0.261. The molecule has 1 aromatic carbocycles. The highest BCUT2D eigenvalue weighted by molar-refractivity contribution is 5.32. The largest absolute Gasteiger partial charge is 0.298 e. The second-order valence-electron chi connectivity index (χ2n) is 4.26. The maximum absolute atomic E-state index is 13.5. The average Bonchev–Trinajstić information content (AvgIpc) is 2.84. The highest BCUT2D eigenvalue weighted by atomic mass is 19.1. The zero-order valence-electron chi connectivity index (χ0n) is 9.58. The Hall–Kier alpha value is -1.44. The fourth-order valence-electron chi connectivity index (χ4n) is 2.00. The first-order chi connectivity index (χ1) is 8.29. The van der Waals surface area contributed by atoms with Crippen molar-refractivity contribution in [3.63, 3.8) is 0 Å². The van der Waals surface area contributed by atoms with Crippen molar-refractivity contribution in [1.29, 1.82) is 5.26 Å². The van der Waals surface area contributed by atoms with E-state index < -0.39 is 0 Å². The number of hydroxylamine groups is 1. The lowest BCUT2D eigenvalue weighted by Crippen LogP contribution is -2.21. The summed E-state index contributed by atoms with van der Waals surface area (Å²) < 4.78 is 13.5. The third kappa shape index (κ3) is 3.26. The molecule has 1 saturated carbocycles. The molecule has 1 aliphatic carbocycles. The summed E-state index contributed by atoms with van der Waals surface area (Å²) >= 11 is 0. The number of hydrogen-bond acceptors (Lipinski definition) is 3. The van der Waals surface area contributed by atoms with Crippen molar-refractivity contribution >= 4 is 0 Å². The maximum Gasteiger partial charge on any atom is 0.129 e. The number of nitrogens with one attached hydrogen (secondary N) is 1. The van der Waals surface area contributed by atoms with Gasteiger partial charge in [-0.3, -0.25) is 4.84 Å². The lowest BCUT2D eigenvalue weighted by molar-refractivity contribution is -0.0248. The summed E-state index contributed by atoms with van der Waals surface area (Å²) in [5.41, 5.74) is 3.65. The molecule has 0 amide bonds. The van der Waals surface area contributed by atoms with E-state index in [-0.39, 0.29) is 11.9 Å². The number of benzene rings is 1. The quantitative estimate of drug-likeness (QED) is 0.814. The zero-order valence-corrected chi connectivity index (χ0v) is 9.58. The van der Waals surface area contributed by atoms with E-state index >= 15 is 0 Å². The smallest absolute Gasteiger partial charge is 0.129 e. The molecule has 1 aromatic rings. The second kappa shape index (κ2) is 5.76. The van der Waals surface area contributed by atoms with Crippen molar-refractivity contribution in [2.24, 2.45) is 0 Å². The van der Waals surface area contributed by atoms with Crippen LogP contribution in [0.3, 0.4) is 0 Å². The number of halogens is 1. The van der Waals surface area contributed by atoms with Gasteiger partial charge in [0, 0.05) is 12.1 Å². The topological polar surface area (TPSA) is 45.0 Å². The van der Waals surface area contributed by atoms with Gasteiger partial charge in [0.25, 0.3) is 0 Å². The van der Waals surface area contributed by atoms with Gasteiger partial charge in [-0.2, -0.15) is 10.7 Å². The minimum Gasteiger partial charge on any atom is -0.298 e. The van der Waals surface area contributed by atoms with Crippen LogP contribution in [0, 0.1) is 17.1 Å². The molecule has 4 heteroatoms. The molecule has 0 unspecified atom stereocenters. The molecule has 1 aliphatic rings. The molecule has 0 saturated heterocycles. The summed E-state index contributed by atoms with van der Waals surface area (Å²) in [5, 5.41) is 8.62. The minimum atomic E-state index is -0.369. The lowest BCUT2D eigenvalue weighted by atomic mass is 10.1. The molecule has 3 nitrogen and oxygen atoms in total. The van der Waals surface area contributed by atoms with Crippen LogP contribution in [0.1, 0.15) is 36.8 Å². The van der Waals surface area contributed by atoms with Gasteiger partial charge >= 0.3 is 0 Å². The molecule has 0 atom stereocenters. The average molecular weight is 234 g/mol. The van der Waals surface area contributed by atoms with Crippen LogP contribution in [0.15, 0.2) is 18.2 Å². The van der Waals surface area contributed by atoms with Crippen molar-refractivity contribution in [3.8, 4) is 6.07 Å². The zero-order chi connectivity index (χ0) is 12.1. The second-order valence-corrected chi connectivity index (χ2v) is 4.26. The molecule has 2 rings (SSSR count). The van der Waals surface area contributed by atoms with Crippen molar-refractivity contribution in [1.82, 2.24) is 5.48 Å². The van der Waals surface area contributed by atoms with Gasteiger partial charge in [-0.15, -0.1) is 0 Å². The van der Waals surface area contributed by atoms with Crippen LogP contribution >= 0.6 is 0 Å². The summed E-state index contributed by atoms with van der Waals surface area (Å²) in [6.45, 7) is 0.327. The first kappa shape index (κ1) is 12.0. The molecule has 0 heterocycles. The van der Waals surface area contributed by atoms with Crippen LogP contribution in [0.4, 0.5) is 4.39 Å². The Kier molecular flexibility index (Phi) is 4.08. The van der Waals surface area contributed by atoms with Gasteiger partial charge in [0.2, 0.25) is 0 Å². The summed E-state index contributed by atoms with van der Waals surface area (Å²) in [6, 6.07) is 6.36. The van der Waals surface area contributed by atoms with Gasteiger partial charge < -0.3 is 0 Å². The predicted octanol–water partition coefficient (Wildman–Crippen LogP) is 2.66. The molecular weight excluding hydrogens is 219 g/mol. The van der Waals surface area contributed by atoms with E-state index in [0.29, 0.717) is 17.7 Å². The van der Waals surface area contributed by atoms with Gasteiger partial charge in [-0.1, -0.05) is 18.9 Å². The van der Waals surface area contributed by atoms with Gasteiger partial charge in [-0.25, -0.2) is 4.39 Å². The highest BCUT2D eigenvalue weighted by Crippen LogP contribution is 2.20. The van der Waals surface area contributed by atoms with Crippen molar-refractivity contribution in [2.45, 2.75) is 38.3 Å².